The smallest absolute Gasteiger partial charge is 0.251 e. The zero-order valence-corrected chi connectivity index (χ0v) is 11.9. The predicted molar refractivity (Wildman–Crippen MR) is 73.7 cm³/mol. The molecule has 1 fully saturated rings. The van der Waals surface area contributed by atoms with Crippen LogP contribution in [0, 0.1) is 18.3 Å². The standard InChI is InChI=1S/C15H24N2O/c1-10-9-13(18)17-14(16-10)11-5-7-12(8-6-11)15(2,3)4/h9,11-12H,5-8H2,1-4H3,(H,16,17,18). The van der Waals surface area contributed by atoms with Crippen molar-refractivity contribution in [2.24, 2.45) is 11.3 Å². The van der Waals surface area contributed by atoms with Crippen LogP contribution in [0.25, 0.3) is 0 Å². The van der Waals surface area contributed by atoms with Crippen LogP contribution in [0.3, 0.4) is 0 Å². The summed E-state index contributed by atoms with van der Waals surface area (Å²) in [6, 6.07) is 1.56. The van der Waals surface area contributed by atoms with E-state index in [-0.39, 0.29) is 5.56 Å². The first-order valence-corrected chi connectivity index (χ1v) is 6.94. The van der Waals surface area contributed by atoms with Crippen LogP contribution in [0.2, 0.25) is 0 Å². The van der Waals surface area contributed by atoms with E-state index < -0.39 is 0 Å². The molecule has 18 heavy (non-hydrogen) atoms. The summed E-state index contributed by atoms with van der Waals surface area (Å²) in [5.74, 6) is 2.13. The molecule has 0 unspecified atom stereocenters. The maximum absolute atomic E-state index is 11.5. The van der Waals surface area contributed by atoms with Gasteiger partial charge in [0.2, 0.25) is 0 Å². The van der Waals surface area contributed by atoms with Crippen LogP contribution in [0.15, 0.2) is 10.9 Å². The summed E-state index contributed by atoms with van der Waals surface area (Å²) in [7, 11) is 0. The average molecular weight is 248 g/mol. The molecule has 1 aromatic rings. The van der Waals surface area contributed by atoms with Gasteiger partial charge in [0.05, 0.1) is 0 Å². The minimum Gasteiger partial charge on any atom is -0.310 e. The van der Waals surface area contributed by atoms with E-state index in [1.165, 1.54) is 12.8 Å². The molecule has 1 N–H and O–H groups in total. The van der Waals surface area contributed by atoms with Gasteiger partial charge < -0.3 is 4.98 Å². The highest BCUT2D eigenvalue weighted by Gasteiger charge is 2.30. The lowest BCUT2D eigenvalue weighted by molar-refractivity contribution is 0.167. The molecule has 3 heteroatoms. The number of H-pyrrole nitrogens is 1. The Kier molecular flexibility index (Phi) is 3.60. The molecule has 0 bridgehead atoms. The Hall–Kier alpha value is -1.12. The van der Waals surface area contributed by atoms with Crippen molar-refractivity contribution in [3.05, 3.63) is 27.9 Å². The Labute approximate surface area is 109 Å². The first-order valence-electron chi connectivity index (χ1n) is 6.94. The highest BCUT2D eigenvalue weighted by atomic mass is 16.1. The zero-order chi connectivity index (χ0) is 13.3. The lowest BCUT2D eigenvalue weighted by Crippen LogP contribution is -2.26. The zero-order valence-electron chi connectivity index (χ0n) is 11.9. The molecule has 1 aliphatic rings. The first-order chi connectivity index (χ1) is 8.36. The third-order valence-corrected chi connectivity index (χ3v) is 4.23. The second kappa shape index (κ2) is 4.87. The number of hydrogen-bond donors (Lipinski definition) is 1. The predicted octanol–water partition coefficient (Wildman–Crippen LogP) is 3.40. The van der Waals surface area contributed by atoms with Gasteiger partial charge in [0.15, 0.2) is 0 Å². The van der Waals surface area contributed by atoms with Gasteiger partial charge >= 0.3 is 0 Å². The van der Waals surface area contributed by atoms with E-state index in [4.69, 9.17) is 0 Å². The molecule has 3 nitrogen and oxygen atoms in total. The fraction of sp³-hybridized carbons (Fsp3) is 0.733. The van der Waals surface area contributed by atoms with E-state index in [0.717, 1.165) is 30.3 Å². The first kappa shape index (κ1) is 13.3. The SMILES string of the molecule is Cc1cc(=O)[nH]c(C2CCC(C(C)(C)C)CC2)n1. The van der Waals surface area contributed by atoms with Gasteiger partial charge in [-0.05, 0) is 43.9 Å². The summed E-state index contributed by atoms with van der Waals surface area (Å²) in [6.45, 7) is 8.86. The van der Waals surface area contributed by atoms with Crippen molar-refractivity contribution in [3.63, 3.8) is 0 Å². The molecule has 0 spiro atoms. The molecule has 1 aromatic heterocycles. The summed E-state index contributed by atoms with van der Waals surface area (Å²) in [4.78, 5) is 18.9. The Balaban J connectivity index is 2.08. The van der Waals surface area contributed by atoms with E-state index in [9.17, 15) is 4.79 Å². The quantitative estimate of drug-likeness (QED) is 0.828. The third-order valence-electron chi connectivity index (χ3n) is 4.23. The number of rotatable bonds is 1. The number of aromatic nitrogens is 2. The highest BCUT2D eigenvalue weighted by Crippen LogP contribution is 2.42. The van der Waals surface area contributed by atoms with Crippen LogP contribution in [-0.2, 0) is 0 Å². The number of nitrogens with one attached hydrogen (secondary N) is 1. The Morgan fingerprint density at radius 1 is 1.22 bits per heavy atom. The summed E-state index contributed by atoms with van der Waals surface area (Å²) in [5.41, 5.74) is 1.21. The number of nitrogens with zero attached hydrogens (tertiary/aromatic N) is 1. The molecule has 0 saturated heterocycles. The van der Waals surface area contributed by atoms with Gasteiger partial charge in [-0.15, -0.1) is 0 Å². The van der Waals surface area contributed by atoms with Gasteiger partial charge in [-0.3, -0.25) is 4.79 Å². The summed E-state index contributed by atoms with van der Waals surface area (Å²) >= 11 is 0. The van der Waals surface area contributed by atoms with Crippen molar-refractivity contribution >= 4 is 0 Å². The van der Waals surface area contributed by atoms with Crippen molar-refractivity contribution in [2.45, 2.75) is 59.3 Å². The topological polar surface area (TPSA) is 45.8 Å². The normalized spacial score (nSPS) is 25.1. The van der Waals surface area contributed by atoms with Crippen molar-refractivity contribution in [1.29, 1.82) is 0 Å². The molecule has 2 rings (SSSR count). The molecule has 100 valence electrons. The van der Waals surface area contributed by atoms with E-state index in [1.54, 1.807) is 6.07 Å². The summed E-state index contributed by atoms with van der Waals surface area (Å²) in [6.07, 6.45) is 4.78. The minimum atomic E-state index is -0.0181. The maximum Gasteiger partial charge on any atom is 0.251 e. The Morgan fingerprint density at radius 3 is 2.33 bits per heavy atom. The molecule has 0 radical (unpaired) electrons. The summed E-state index contributed by atoms with van der Waals surface area (Å²) in [5, 5.41) is 0. The van der Waals surface area contributed by atoms with Gasteiger partial charge in [0.25, 0.3) is 5.56 Å². The molecule has 0 atom stereocenters. The van der Waals surface area contributed by atoms with Crippen molar-refractivity contribution in [1.82, 2.24) is 9.97 Å². The fourth-order valence-electron chi connectivity index (χ4n) is 3.03. The number of aromatic amines is 1. The molecular weight excluding hydrogens is 224 g/mol. The van der Waals surface area contributed by atoms with Crippen LogP contribution in [0.1, 0.15) is 63.9 Å². The second-order valence-corrected chi connectivity index (χ2v) is 6.69. The average Bonchev–Trinajstić information content (AvgIpc) is 2.27. The Bertz CT molecular complexity index is 462. The van der Waals surface area contributed by atoms with Crippen molar-refractivity contribution < 1.29 is 0 Å². The number of hydrogen-bond acceptors (Lipinski definition) is 2. The minimum absolute atomic E-state index is 0.0181. The molecule has 0 amide bonds. The van der Waals surface area contributed by atoms with E-state index in [2.05, 4.69) is 30.7 Å². The lowest BCUT2D eigenvalue weighted by Gasteiger charge is -2.36. The lowest BCUT2D eigenvalue weighted by atomic mass is 9.69. The maximum atomic E-state index is 11.5. The van der Waals surface area contributed by atoms with Gasteiger partial charge in [0.1, 0.15) is 5.82 Å². The molecule has 1 heterocycles. The van der Waals surface area contributed by atoms with E-state index in [0.29, 0.717) is 11.3 Å². The van der Waals surface area contributed by atoms with Gasteiger partial charge in [-0.2, -0.15) is 0 Å². The van der Waals surface area contributed by atoms with E-state index in [1.807, 2.05) is 6.92 Å². The molecule has 1 saturated carbocycles. The van der Waals surface area contributed by atoms with Gasteiger partial charge in [0, 0.05) is 17.7 Å². The fourth-order valence-corrected chi connectivity index (χ4v) is 3.03. The monoisotopic (exact) mass is 248 g/mol. The van der Waals surface area contributed by atoms with Crippen LogP contribution in [0.4, 0.5) is 0 Å². The van der Waals surface area contributed by atoms with E-state index >= 15 is 0 Å². The van der Waals surface area contributed by atoms with Crippen molar-refractivity contribution in [3.8, 4) is 0 Å². The van der Waals surface area contributed by atoms with Crippen LogP contribution < -0.4 is 5.56 Å². The third kappa shape index (κ3) is 3.01. The summed E-state index contributed by atoms with van der Waals surface area (Å²) < 4.78 is 0. The Morgan fingerprint density at radius 2 is 1.83 bits per heavy atom. The number of aryl methyl sites for hydroxylation is 1. The van der Waals surface area contributed by atoms with Crippen LogP contribution in [-0.4, -0.2) is 9.97 Å². The van der Waals surface area contributed by atoms with Crippen molar-refractivity contribution in [2.75, 3.05) is 0 Å². The second-order valence-electron chi connectivity index (χ2n) is 6.69. The van der Waals surface area contributed by atoms with Crippen LogP contribution >= 0.6 is 0 Å². The highest BCUT2D eigenvalue weighted by molar-refractivity contribution is 5.05. The van der Waals surface area contributed by atoms with Gasteiger partial charge in [-0.1, -0.05) is 20.8 Å². The molecule has 0 aromatic carbocycles. The van der Waals surface area contributed by atoms with Gasteiger partial charge in [-0.25, -0.2) is 4.98 Å². The molecular formula is C15H24N2O. The largest absolute Gasteiger partial charge is 0.310 e. The molecule has 1 aliphatic carbocycles. The van der Waals surface area contributed by atoms with Crippen LogP contribution in [0.5, 0.6) is 0 Å². The molecule has 0 aliphatic heterocycles.